The molecule has 2 heterocycles. The Kier molecular flexibility index (Phi) is 7.11. The van der Waals surface area contributed by atoms with Gasteiger partial charge >= 0.3 is 12.1 Å². The zero-order valence-corrected chi connectivity index (χ0v) is 21.3. The molecule has 0 radical (unpaired) electrons. The number of hydrogen-bond acceptors (Lipinski definition) is 7. The van der Waals surface area contributed by atoms with Gasteiger partial charge in [-0.15, -0.1) is 5.10 Å². The fourth-order valence-electron chi connectivity index (χ4n) is 4.58. The van der Waals surface area contributed by atoms with E-state index < -0.39 is 29.4 Å². The summed E-state index contributed by atoms with van der Waals surface area (Å²) < 4.78 is 17.0. The SMILES string of the molecule is CCOC(=O)C1N(C(=O)OCC)N=C(OCC)[C@@]12C(=O)N(Cc1ccccc1)c1cccc(Br)c12. The Bertz CT molecular complexity index is 1170. The van der Waals surface area contributed by atoms with Crippen LogP contribution in [0, 0.1) is 0 Å². The molecule has 0 saturated carbocycles. The quantitative estimate of drug-likeness (QED) is 0.511. The first-order chi connectivity index (χ1) is 16.9. The monoisotopic (exact) mass is 543 g/mol. The van der Waals surface area contributed by atoms with Crippen molar-refractivity contribution in [1.29, 1.82) is 0 Å². The average Bonchev–Trinajstić information content (AvgIpc) is 3.30. The first kappa shape index (κ1) is 24.7. The highest BCUT2D eigenvalue weighted by molar-refractivity contribution is 9.10. The third kappa shape index (κ3) is 3.95. The molecule has 0 aromatic heterocycles. The summed E-state index contributed by atoms with van der Waals surface area (Å²) in [5.41, 5.74) is 0.212. The fraction of sp³-hybridized carbons (Fsp3) is 0.360. The maximum Gasteiger partial charge on any atom is 0.431 e. The molecule has 2 aliphatic heterocycles. The minimum absolute atomic E-state index is 0.0524. The second kappa shape index (κ2) is 10.1. The third-order valence-electron chi connectivity index (χ3n) is 5.88. The lowest BCUT2D eigenvalue weighted by molar-refractivity contribution is -0.152. The van der Waals surface area contributed by atoms with Crippen molar-refractivity contribution in [3.8, 4) is 0 Å². The molecule has 0 N–H and O–H groups in total. The molecule has 2 atom stereocenters. The van der Waals surface area contributed by atoms with E-state index in [4.69, 9.17) is 14.2 Å². The Balaban J connectivity index is 1.96. The molecule has 2 amide bonds. The van der Waals surface area contributed by atoms with Gasteiger partial charge in [-0.2, -0.15) is 5.01 Å². The van der Waals surface area contributed by atoms with Crippen LogP contribution in [0.25, 0.3) is 0 Å². The zero-order chi connectivity index (χ0) is 25.2. The van der Waals surface area contributed by atoms with Crippen LogP contribution >= 0.6 is 15.9 Å². The van der Waals surface area contributed by atoms with Crippen LogP contribution in [0.15, 0.2) is 58.1 Å². The van der Waals surface area contributed by atoms with Crippen LogP contribution in [0.1, 0.15) is 31.9 Å². The number of hydrazone groups is 1. The maximum atomic E-state index is 14.4. The second-order valence-electron chi connectivity index (χ2n) is 7.86. The molecule has 4 rings (SSSR count). The van der Waals surface area contributed by atoms with E-state index >= 15 is 0 Å². The van der Waals surface area contributed by atoms with Crippen LogP contribution in [0.5, 0.6) is 0 Å². The van der Waals surface area contributed by atoms with E-state index in [0.717, 1.165) is 10.6 Å². The fourth-order valence-corrected chi connectivity index (χ4v) is 5.25. The van der Waals surface area contributed by atoms with Crippen molar-refractivity contribution < 1.29 is 28.6 Å². The van der Waals surface area contributed by atoms with Gasteiger partial charge in [-0.05, 0) is 38.5 Å². The number of carbonyl (C=O) groups is 3. The topological polar surface area (TPSA) is 97.7 Å². The Hall–Kier alpha value is -3.40. The molecular formula is C25H26BrN3O6. The van der Waals surface area contributed by atoms with E-state index in [-0.39, 0.29) is 32.3 Å². The van der Waals surface area contributed by atoms with Crippen molar-refractivity contribution in [2.24, 2.45) is 5.10 Å². The van der Waals surface area contributed by atoms with Crippen LogP contribution in [0.4, 0.5) is 10.5 Å². The van der Waals surface area contributed by atoms with Gasteiger partial charge in [0, 0.05) is 10.0 Å². The van der Waals surface area contributed by atoms with Gasteiger partial charge < -0.3 is 19.1 Å². The summed E-state index contributed by atoms with van der Waals surface area (Å²) in [5, 5.41) is 5.21. The Labute approximate surface area is 211 Å². The molecule has 2 aliphatic rings. The summed E-state index contributed by atoms with van der Waals surface area (Å²) in [4.78, 5) is 42.4. The summed E-state index contributed by atoms with van der Waals surface area (Å²) in [7, 11) is 0. The summed E-state index contributed by atoms with van der Waals surface area (Å²) >= 11 is 3.58. The first-order valence-corrected chi connectivity index (χ1v) is 12.2. The van der Waals surface area contributed by atoms with E-state index in [1.165, 1.54) is 0 Å². The molecule has 9 nitrogen and oxygen atoms in total. The van der Waals surface area contributed by atoms with Crippen LogP contribution in [-0.2, 0) is 35.8 Å². The number of fused-ring (bicyclic) bond motifs is 2. The maximum absolute atomic E-state index is 14.4. The molecule has 1 spiro atoms. The second-order valence-corrected chi connectivity index (χ2v) is 8.71. The van der Waals surface area contributed by atoms with E-state index in [2.05, 4.69) is 21.0 Å². The summed E-state index contributed by atoms with van der Waals surface area (Å²) in [6.45, 7) is 5.57. The summed E-state index contributed by atoms with van der Waals surface area (Å²) in [6.07, 6.45) is -0.873. The van der Waals surface area contributed by atoms with Gasteiger partial charge in [-0.1, -0.05) is 52.3 Å². The summed E-state index contributed by atoms with van der Waals surface area (Å²) in [6, 6.07) is 13.4. The lowest BCUT2D eigenvalue weighted by Crippen LogP contribution is -2.59. The highest BCUT2D eigenvalue weighted by Gasteiger charge is 2.70. The summed E-state index contributed by atoms with van der Waals surface area (Å²) in [5.74, 6) is -1.28. The van der Waals surface area contributed by atoms with Gasteiger partial charge in [-0.25, -0.2) is 9.59 Å². The number of benzene rings is 2. The number of anilines is 1. The number of amides is 2. The number of halogens is 1. The Morgan fingerprint density at radius 3 is 2.37 bits per heavy atom. The highest BCUT2D eigenvalue weighted by atomic mass is 79.9. The molecule has 0 saturated heterocycles. The number of nitrogens with zero attached hydrogens (tertiary/aromatic N) is 3. The average molecular weight is 544 g/mol. The van der Waals surface area contributed by atoms with Gasteiger partial charge in [-0.3, -0.25) is 4.79 Å². The molecule has 2 aromatic rings. The van der Waals surface area contributed by atoms with Crippen molar-refractivity contribution >= 4 is 45.5 Å². The lowest BCUT2D eigenvalue weighted by atomic mass is 9.75. The zero-order valence-electron chi connectivity index (χ0n) is 19.7. The highest BCUT2D eigenvalue weighted by Crippen LogP contribution is 2.53. The van der Waals surface area contributed by atoms with E-state index in [0.29, 0.717) is 15.7 Å². The molecule has 0 aliphatic carbocycles. The van der Waals surface area contributed by atoms with Gasteiger partial charge in [0.15, 0.2) is 11.5 Å². The van der Waals surface area contributed by atoms with Gasteiger partial charge in [0.25, 0.3) is 0 Å². The number of ether oxygens (including phenoxy) is 3. The minimum Gasteiger partial charge on any atom is -0.479 e. The number of esters is 1. The predicted octanol–water partition coefficient (Wildman–Crippen LogP) is 3.99. The van der Waals surface area contributed by atoms with Crippen molar-refractivity contribution in [2.75, 3.05) is 24.7 Å². The molecule has 184 valence electrons. The van der Waals surface area contributed by atoms with E-state index in [1.54, 1.807) is 37.8 Å². The predicted molar refractivity (Wildman–Crippen MR) is 132 cm³/mol. The Morgan fingerprint density at radius 2 is 1.71 bits per heavy atom. The molecule has 2 aromatic carbocycles. The van der Waals surface area contributed by atoms with Crippen LogP contribution in [0.3, 0.4) is 0 Å². The molecule has 10 heteroatoms. The number of rotatable bonds is 6. The molecule has 0 fully saturated rings. The van der Waals surface area contributed by atoms with Crippen molar-refractivity contribution in [1.82, 2.24) is 5.01 Å². The standard InChI is InChI=1S/C25H26BrN3O6/c1-4-33-21(30)20-25(22(34-5-2)27-29(20)24(32)35-6-3)19-17(26)13-10-14-18(19)28(23(25)31)15-16-11-8-7-9-12-16/h7-14,20H,4-6,15H2,1-3H3/t20?,25-/m0/s1. The third-order valence-corrected chi connectivity index (χ3v) is 6.54. The van der Waals surface area contributed by atoms with Crippen molar-refractivity contribution in [3.05, 3.63) is 64.1 Å². The lowest BCUT2D eigenvalue weighted by Gasteiger charge is -2.31. The number of hydrogen-bond donors (Lipinski definition) is 0. The normalized spacial score (nSPS) is 20.6. The van der Waals surface area contributed by atoms with Gasteiger partial charge in [0.2, 0.25) is 11.8 Å². The first-order valence-electron chi connectivity index (χ1n) is 11.4. The van der Waals surface area contributed by atoms with Gasteiger partial charge in [0.1, 0.15) is 0 Å². The molecule has 35 heavy (non-hydrogen) atoms. The van der Waals surface area contributed by atoms with Crippen molar-refractivity contribution in [2.45, 2.75) is 38.8 Å². The van der Waals surface area contributed by atoms with E-state index in [9.17, 15) is 14.4 Å². The largest absolute Gasteiger partial charge is 0.479 e. The smallest absolute Gasteiger partial charge is 0.431 e. The van der Waals surface area contributed by atoms with Crippen LogP contribution < -0.4 is 4.90 Å². The van der Waals surface area contributed by atoms with E-state index in [1.807, 2.05) is 36.4 Å². The van der Waals surface area contributed by atoms with Crippen LogP contribution in [-0.4, -0.2) is 54.7 Å². The van der Waals surface area contributed by atoms with Gasteiger partial charge in [0.05, 0.1) is 32.1 Å². The molecular weight excluding hydrogens is 518 g/mol. The van der Waals surface area contributed by atoms with Crippen LogP contribution in [0.2, 0.25) is 0 Å². The molecule has 1 unspecified atom stereocenters. The number of carbonyl (C=O) groups excluding carboxylic acids is 3. The Morgan fingerprint density at radius 1 is 1.00 bits per heavy atom. The van der Waals surface area contributed by atoms with Crippen molar-refractivity contribution in [3.63, 3.8) is 0 Å². The minimum atomic E-state index is -1.75. The molecule has 0 bridgehead atoms.